The third-order valence-electron chi connectivity index (χ3n) is 4.05. The quantitative estimate of drug-likeness (QED) is 0.802. The Balaban J connectivity index is 1.55. The smallest absolute Gasteiger partial charge is 0.225 e. The molecule has 0 atom stereocenters. The van der Waals surface area contributed by atoms with E-state index in [1.165, 1.54) is 5.69 Å². The molecule has 1 saturated heterocycles. The lowest BCUT2D eigenvalue weighted by Gasteiger charge is -2.40. The third-order valence-corrected chi connectivity index (χ3v) is 4.05. The highest BCUT2D eigenvalue weighted by atomic mass is 16.5. The summed E-state index contributed by atoms with van der Waals surface area (Å²) in [6.45, 7) is 5.36. The highest BCUT2D eigenvalue weighted by molar-refractivity contribution is 5.81. The predicted molar refractivity (Wildman–Crippen MR) is 70.5 cm³/mol. The number of aromatic nitrogens is 2. The van der Waals surface area contributed by atoms with Crippen LogP contribution in [-0.2, 0) is 22.7 Å². The first kappa shape index (κ1) is 12.7. The van der Waals surface area contributed by atoms with Crippen molar-refractivity contribution < 1.29 is 9.53 Å². The topological polar surface area (TPSA) is 47.4 Å². The number of carbonyl (C=O) groups excluding carboxylic acids is 1. The fourth-order valence-corrected chi connectivity index (χ4v) is 2.72. The zero-order chi connectivity index (χ0) is 13.4. The number of amides is 1. The molecule has 0 spiro atoms. The van der Waals surface area contributed by atoms with Gasteiger partial charge < -0.3 is 14.2 Å². The zero-order valence-electron chi connectivity index (χ0n) is 11.6. The van der Waals surface area contributed by atoms with Gasteiger partial charge >= 0.3 is 0 Å². The van der Waals surface area contributed by atoms with E-state index < -0.39 is 0 Å². The monoisotopic (exact) mass is 263 g/mol. The molecule has 1 aliphatic heterocycles. The van der Waals surface area contributed by atoms with Crippen molar-refractivity contribution in [2.45, 2.75) is 32.9 Å². The summed E-state index contributed by atoms with van der Waals surface area (Å²) in [7, 11) is 1.69. The molecular formula is C14H21N3O2. The predicted octanol–water partition coefficient (Wildman–Crippen LogP) is 1.21. The Morgan fingerprint density at radius 1 is 1.47 bits per heavy atom. The molecule has 1 aromatic heterocycles. The van der Waals surface area contributed by atoms with Crippen LogP contribution in [0.15, 0.2) is 6.20 Å². The average Bonchev–Trinajstić information content (AvgIpc) is 3.12. The third kappa shape index (κ3) is 2.52. The summed E-state index contributed by atoms with van der Waals surface area (Å²) in [4.78, 5) is 18.2. The number of aryl methyl sites for hydroxylation is 1. The fraction of sp³-hybridized carbons (Fsp3) is 0.714. The summed E-state index contributed by atoms with van der Waals surface area (Å²) in [5.41, 5.74) is 1.17. The van der Waals surface area contributed by atoms with E-state index in [1.807, 2.05) is 11.1 Å². The maximum Gasteiger partial charge on any atom is 0.225 e. The standard InChI is InChI=1S/C14H21N3O2/c1-10-5-15-13(9-19-2)17(10)8-11-6-16(7-11)14(18)12-3-4-12/h5,11-12H,3-4,6-9H2,1-2H3. The molecule has 19 heavy (non-hydrogen) atoms. The number of imidazole rings is 1. The van der Waals surface area contributed by atoms with Gasteiger partial charge in [0, 0.05) is 50.5 Å². The summed E-state index contributed by atoms with van der Waals surface area (Å²) in [5.74, 6) is 2.26. The van der Waals surface area contributed by atoms with Crippen LogP contribution in [0.4, 0.5) is 0 Å². The number of hydrogen-bond donors (Lipinski definition) is 0. The van der Waals surface area contributed by atoms with Gasteiger partial charge in [-0.2, -0.15) is 0 Å². The minimum Gasteiger partial charge on any atom is -0.377 e. The number of methoxy groups -OCH3 is 1. The van der Waals surface area contributed by atoms with E-state index in [9.17, 15) is 4.79 Å². The molecule has 0 N–H and O–H groups in total. The first-order valence-corrected chi connectivity index (χ1v) is 6.97. The van der Waals surface area contributed by atoms with Crippen LogP contribution in [0.5, 0.6) is 0 Å². The zero-order valence-corrected chi connectivity index (χ0v) is 11.6. The summed E-state index contributed by atoms with van der Waals surface area (Å²) >= 11 is 0. The van der Waals surface area contributed by atoms with Gasteiger partial charge in [0.05, 0.1) is 0 Å². The molecule has 1 aliphatic carbocycles. The van der Waals surface area contributed by atoms with Crippen molar-refractivity contribution in [1.82, 2.24) is 14.5 Å². The van der Waals surface area contributed by atoms with Crippen molar-refractivity contribution in [3.05, 3.63) is 17.7 Å². The molecule has 5 nitrogen and oxygen atoms in total. The highest BCUT2D eigenvalue weighted by Crippen LogP contribution is 2.33. The second-order valence-electron chi connectivity index (χ2n) is 5.74. The van der Waals surface area contributed by atoms with Gasteiger partial charge in [0.2, 0.25) is 5.91 Å². The SMILES string of the molecule is COCc1ncc(C)n1CC1CN(C(=O)C2CC2)C1. The second-order valence-corrected chi connectivity index (χ2v) is 5.74. The number of nitrogens with zero attached hydrogens (tertiary/aromatic N) is 3. The normalized spacial score (nSPS) is 19.6. The highest BCUT2D eigenvalue weighted by Gasteiger charge is 2.39. The first-order chi connectivity index (χ1) is 9.19. The van der Waals surface area contributed by atoms with Gasteiger partial charge in [-0.05, 0) is 19.8 Å². The van der Waals surface area contributed by atoms with Crippen LogP contribution < -0.4 is 0 Å². The van der Waals surface area contributed by atoms with E-state index in [0.717, 1.165) is 38.3 Å². The molecule has 1 amide bonds. The fourth-order valence-electron chi connectivity index (χ4n) is 2.72. The molecule has 0 aromatic carbocycles. The van der Waals surface area contributed by atoms with Crippen molar-refractivity contribution in [3.8, 4) is 0 Å². The molecule has 0 bridgehead atoms. The lowest BCUT2D eigenvalue weighted by atomic mass is 9.99. The van der Waals surface area contributed by atoms with Crippen LogP contribution in [0.1, 0.15) is 24.4 Å². The molecule has 1 aromatic rings. The maximum absolute atomic E-state index is 11.9. The van der Waals surface area contributed by atoms with Gasteiger partial charge in [-0.15, -0.1) is 0 Å². The van der Waals surface area contributed by atoms with E-state index in [-0.39, 0.29) is 0 Å². The summed E-state index contributed by atoms with van der Waals surface area (Å²) in [6, 6.07) is 0. The Morgan fingerprint density at radius 3 is 2.84 bits per heavy atom. The van der Waals surface area contributed by atoms with Crippen molar-refractivity contribution in [2.75, 3.05) is 20.2 Å². The molecule has 5 heteroatoms. The Labute approximate surface area is 113 Å². The molecule has 104 valence electrons. The number of likely N-dealkylation sites (tertiary alicyclic amines) is 1. The van der Waals surface area contributed by atoms with E-state index in [2.05, 4.69) is 16.5 Å². The molecule has 0 unspecified atom stereocenters. The van der Waals surface area contributed by atoms with Crippen molar-refractivity contribution in [1.29, 1.82) is 0 Å². The maximum atomic E-state index is 11.9. The Bertz CT molecular complexity index is 473. The molecule has 2 aliphatic rings. The van der Waals surface area contributed by atoms with Gasteiger partial charge in [-0.25, -0.2) is 4.98 Å². The van der Waals surface area contributed by atoms with Gasteiger partial charge in [-0.3, -0.25) is 4.79 Å². The molecule has 2 fully saturated rings. The van der Waals surface area contributed by atoms with Gasteiger partial charge in [0.1, 0.15) is 12.4 Å². The summed E-state index contributed by atoms with van der Waals surface area (Å²) < 4.78 is 7.38. The van der Waals surface area contributed by atoms with E-state index in [1.54, 1.807) is 7.11 Å². The van der Waals surface area contributed by atoms with Crippen LogP contribution in [0.2, 0.25) is 0 Å². The Hall–Kier alpha value is -1.36. The number of rotatable bonds is 5. The average molecular weight is 263 g/mol. The van der Waals surface area contributed by atoms with Gasteiger partial charge in [0.25, 0.3) is 0 Å². The van der Waals surface area contributed by atoms with Crippen LogP contribution in [0.3, 0.4) is 0 Å². The van der Waals surface area contributed by atoms with Gasteiger partial charge in [0.15, 0.2) is 0 Å². The van der Waals surface area contributed by atoms with Crippen LogP contribution in [0.25, 0.3) is 0 Å². The first-order valence-electron chi connectivity index (χ1n) is 6.97. The second kappa shape index (κ2) is 4.96. The molecular weight excluding hydrogens is 242 g/mol. The molecule has 1 saturated carbocycles. The molecule has 2 heterocycles. The Kier molecular flexibility index (Phi) is 3.31. The largest absolute Gasteiger partial charge is 0.377 e. The van der Waals surface area contributed by atoms with E-state index in [0.29, 0.717) is 24.3 Å². The summed E-state index contributed by atoms with van der Waals surface area (Å²) in [6.07, 6.45) is 4.08. The van der Waals surface area contributed by atoms with Crippen molar-refractivity contribution in [3.63, 3.8) is 0 Å². The minimum atomic E-state index is 0.347. The lowest BCUT2D eigenvalue weighted by Crippen LogP contribution is -2.52. The van der Waals surface area contributed by atoms with Crippen LogP contribution in [-0.4, -0.2) is 40.6 Å². The number of hydrogen-bond acceptors (Lipinski definition) is 3. The number of carbonyl (C=O) groups is 1. The lowest BCUT2D eigenvalue weighted by molar-refractivity contribution is -0.139. The summed E-state index contributed by atoms with van der Waals surface area (Å²) in [5, 5.41) is 0. The van der Waals surface area contributed by atoms with Crippen LogP contribution in [0, 0.1) is 18.8 Å². The Morgan fingerprint density at radius 2 is 2.21 bits per heavy atom. The van der Waals surface area contributed by atoms with E-state index in [4.69, 9.17) is 4.74 Å². The number of ether oxygens (including phenoxy) is 1. The molecule has 3 rings (SSSR count). The van der Waals surface area contributed by atoms with Gasteiger partial charge in [-0.1, -0.05) is 0 Å². The molecule has 0 radical (unpaired) electrons. The van der Waals surface area contributed by atoms with E-state index >= 15 is 0 Å². The minimum absolute atomic E-state index is 0.347. The van der Waals surface area contributed by atoms with Crippen LogP contribution >= 0.6 is 0 Å². The van der Waals surface area contributed by atoms with Crippen molar-refractivity contribution in [2.24, 2.45) is 11.8 Å². The van der Waals surface area contributed by atoms with Crippen molar-refractivity contribution >= 4 is 5.91 Å².